The normalized spacial score (nSPS) is 12.0. The third kappa shape index (κ3) is 4.03. The molecule has 0 aliphatic carbocycles. The molecule has 0 radical (unpaired) electrons. The highest BCUT2D eigenvalue weighted by Crippen LogP contribution is 2.23. The summed E-state index contributed by atoms with van der Waals surface area (Å²) in [5.41, 5.74) is 6.11. The van der Waals surface area contributed by atoms with Crippen LogP contribution in [0.4, 0.5) is 0 Å². The first-order valence-corrected chi connectivity index (χ1v) is 6.84. The van der Waals surface area contributed by atoms with Gasteiger partial charge in [0.1, 0.15) is 0 Å². The number of hydrogen-bond donors (Lipinski definition) is 3. The van der Waals surface area contributed by atoms with E-state index in [-0.39, 0.29) is 25.0 Å². The average Bonchev–Trinajstić information content (AvgIpc) is 2.50. The quantitative estimate of drug-likeness (QED) is 0.743. The van der Waals surface area contributed by atoms with Gasteiger partial charge in [0.2, 0.25) is 11.8 Å². The number of nitrogens with two attached hydrogens (primary N) is 1. The third-order valence-corrected chi connectivity index (χ3v) is 3.32. The highest BCUT2D eigenvalue weighted by Gasteiger charge is 2.10. The maximum absolute atomic E-state index is 11.6. The first-order chi connectivity index (χ1) is 10.1. The molecule has 5 heteroatoms. The van der Waals surface area contributed by atoms with E-state index in [1.54, 1.807) is 0 Å². The molecule has 0 bridgehead atoms. The molecule has 0 saturated heterocycles. The van der Waals surface area contributed by atoms with Gasteiger partial charge in [-0.1, -0.05) is 42.5 Å². The Bertz CT molecular complexity index is 650. The lowest BCUT2D eigenvalue weighted by Gasteiger charge is -2.16. The number of nitrogens with one attached hydrogen (secondary N) is 2. The van der Waals surface area contributed by atoms with Gasteiger partial charge in [0.05, 0.1) is 13.1 Å². The Morgan fingerprint density at radius 2 is 1.81 bits per heavy atom. The lowest BCUT2D eigenvalue weighted by molar-refractivity contribution is -0.124. The second kappa shape index (κ2) is 6.85. The Hall–Kier alpha value is -2.40. The Morgan fingerprint density at radius 1 is 1.10 bits per heavy atom. The van der Waals surface area contributed by atoms with Crippen molar-refractivity contribution in [1.82, 2.24) is 10.6 Å². The smallest absolute Gasteiger partial charge is 0.236 e. The van der Waals surface area contributed by atoms with Crippen molar-refractivity contribution < 1.29 is 9.59 Å². The van der Waals surface area contributed by atoms with Gasteiger partial charge in [-0.05, 0) is 23.3 Å². The van der Waals surface area contributed by atoms with Crippen LogP contribution < -0.4 is 16.4 Å². The number of fused-ring (bicyclic) bond motifs is 1. The molecular formula is C16H19N3O2. The zero-order valence-corrected chi connectivity index (χ0v) is 11.9. The SMILES string of the molecule is C[C@H](NCC(=O)NCC(N)=O)c1cccc2ccccc12. The van der Waals surface area contributed by atoms with Gasteiger partial charge in [-0.15, -0.1) is 0 Å². The summed E-state index contributed by atoms with van der Waals surface area (Å²) in [4.78, 5) is 22.2. The van der Waals surface area contributed by atoms with Gasteiger partial charge in [-0.2, -0.15) is 0 Å². The molecule has 0 saturated carbocycles. The fourth-order valence-corrected chi connectivity index (χ4v) is 2.23. The fourth-order valence-electron chi connectivity index (χ4n) is 2.23. The van der Waals surface area contributed by atoms with Crippen LogP contribution in [0.1, 0.15) is 18.5 Å². The van der Waals surface area contributed by atoms with E-state index >= 15 is 0 Å². The van der Waals surface area contributed by atoms with Crippen molar-refractivity contribution in [3.63, 3.8) is 0 Å². The van der Waals surface area contributed by atoms with Gasteiger partial charge in [-0.3, -0.25) is 9.59 Å². The van der Waals surface area contributed by atoms with E-state index in [9.17, 15) is 9.59 Å². The minimum atomic E-state index is -0.551. The molecule has 5 nitrogen and oxygen atoms in total. The fraction of sp³-hybridized carbons (Fsp3) is 0.250. The molecule has 0 spiro atoms. The maximum Gasteiger partial charge on any atom is 0.236 e. The summed E-state index contributed by atoms with van der Waals surface area (Å²) in [6.07, 6.45) is 0. The molecule has 110 valence electrons. The van der Waals surface area contributed by atoms with E-state index in [1.165, 1.54) is 5.39 Å². The molecule has 4 N–H and O–H groups in total. The molecule has 0 aromatic heterocycles. The summed E-state index contributed by atoms with van der Waals surface area (Å²) >= 11 is 0. The van der Waals surface area contributed by atoms with E-state index in [1.807, 2.05) is 31.2 Å². The van der Waals surface area contributed by atoms with Gasteiger partial charge >= 0.3 is 0 Å². The number of primary amides is 1. The Morgan fingerprint density at radius 3 is 2.57 bits per heavy atom. The van der Waals surface area contributed by atoms with Crippen LogP contribution in [-0.4, -0.2) is 24.9 Å². The van der Waals surface area contributed by atoms with Crippen LogP contribution in [0.2, 0.25) is 0 Å². The summed E-state index contributed by atoms with van der Waals surface area (Å²) in [5, 5.41) is 7.93. The number of carbonyl (C=O) groups excluding carboxylic acids is 2. The van der Waals surface area contributed by atoms with Gasteiger partial charge in [0.25, 0.3) is 0 Å². The topological polar surface area (TPSA) is 84.2 Å². The summed E-state index contributed by atoms with van der Waals surface area (Å²) < 4.78 is 0. The van der Waals surface area contributed by atoms with Gasteiger partial charge < -0.3 is 16.4 Å². The molecule has 2 amide bonds. The predicted octanol–water partition coefficient (Wildman–Crippen LogP) is 1.09. The molecular weight excluding hydrogens is 266 g/mol. The van der Waals surface area contributed by atoms with Crippen molar-refractivity contribution in [1.29, 1.82) is 0 Å². The molecule has 0 aliphatic heterocycles. The number of amides is 2. The van der Waals surface area contributed by atoms with Crippen molar-refractivity contribution in [2.75, 3.05) is 13.1 Å². The summed E-state index contributed by atoms with van der Waals surface area (Å²) in [6.45, 7) is 2.00. The number of hydrogen-bond acceptors (Lipinski definition) is 3. The second-order valence-corrected chi connectivity index (χ2v) is 4.91. The summed E-state index contributed by atoms with van der Waals surface area (Å²) in [5.74, 6) is -0.800. The maximum atomic E-state index is 11.6. The van der Waals surface area contributed by atoms with Crippen LogP contribution in [0.15, 0.2) is 42.5 Å². The van der Waals surface area contributed by atoms with E-state index in [2.05, 4.69) is 28.8 Å². The molecule has 0 fully saturated rings. The first-order valence-electron chi connectivity index (χ1n) is 6.84. The van der Waals surface area contributed by atoms with Crippen LogP contribution in [0.5, 0.6) is 0 Å². The van der Waals surface area contributed by atoms with Gasteiger partial charge in [0.15, 0.2) is 0 Å². The van der Waals surface area contributed by atoms with Crippen LogP contribution in [0.25, 0.3) is 10.8 Å². The zero-order valence-electron chi connectivity index (χ0n) is 11.9. The van der Waals surface area contributed by atoms with Crippen LogP contribution >= 0.6 is 0 Å². The summed E-state index contributed by atoms with van der Waals surface area (Å²) in [7, 11) is 0. The van der Waals surface area contributed by atoms with Crippen LogP contribution in [-0.2, 0) is 9.59 Å². The lowest BCUT2D eigenvalue weighted by atomic mass is 10.00. The third-order valence-electron chi connectivity index (χ3n) is 3.32. The first kappa shape index (κ1) is 15.0. The van der Waals surface area contributed by atoms with E-state index in [0.717, 1.165) is 10.9 Å². The Balaban J connectivity index is 2.01. The molecule has 0 aliphatic rings. The number of benzene rings is 2. The van der Waals surface area contributed by atoms with Crippen molar-refractivity contribution in [3.05, 3.63) is 48.0 Å². The van der Waals surface area contributed by atoms with Crippen LogP contribution in [0, 0.1) is 0 Å². The van der Waals surface area contributed by atoms with Crippen molar-refractivity contribution in [2.45, 2.75) is 13.0 Å². The van der Waals surface area contributed by atoms with Gasteiger partial charge in [0, 0.05) is 6.04 Å². The van der Waals surface area contributed by atoms with E-state index in [0.29, 0.717) is 0 Å². The zero-order chi connectivity index (χ0) is 15.2. The highest BCUT2D eigenvalue weighted by molar-refractivity contribution is 5.86. The van der Waals surface area contributed by atoms with Crippen LogP contribution in [0.3, 0.4) is 0 Å². The molecule has 2 rings (SSSR count). The largest absolute Gasteiger partial charge is 0.368 e. The number of rotatable bonds is 6. The minimum Gasteiger partial charge on any atom is -0.368 e. The highest BCUT2D eigenvalue weighted by atomic mass is 16.2. The molecule has 21 heavy (non-hydrogen) atoms. The molecule has 2 aromatic rings. The van der Waals surface area contributed by atoms with E-state index < -0.39 is 5.91 Å². The monoisotopic (exact) mass is 285 g/mol. The molecule has 2 aromatic carbocycles. The predicted molar refractivity (Wildman–Crippen MR) is 82.6 cm³/mol. The Kier molecular flexibility index (Phi) is 4.90. The molecule has 1 atom stereocenters. The van der Waals surface area contributed by atoms with E-state index in [4.69, 9.17) is 5.73 Å². The van der Waals surface area contributed by atoms with Crippen molar-refractivity contribution in [2.24, 2.45) is 5.73 Å². The van der Waals surface area contributed by atoms with Crippen molar-refractivity contribution >= 4 is 22.6 Å². The summed E-state index contributed by atoms with van der Waals surface area (Å²) in [6, 6.07) is 14.3. The number of carbonyl (C=O) groups is 2. The average molecular weight is 285 g/mol. The second-order valence-electron chi connectivity index (χ2n) is 4.91. The molecule has 0 unspecified atom stereocenters. The molecule has 0 heterocycles. The standard InChI is InChI=1S/C16H19N3O2/c1-11(18-10-16(21)19-9-15(17)20)13-8-4-6-12-5-2-3-7-14(12)13/h2-8,11,18H,9-10H2,1H3,(H2,17,20)(H,19,21)/t11-/m0/s1. The minimum absolute atomic E-state index is 0.0235. The van der Waals surface area contributed by atoms with Gasteiger partial charge in [-0.25, -0.2) is 0 Å². The lowest BCUT2D eigenvalue weighted by Crippen LogP contribution is -2.39. The Labute approximate surface area is 123 Å². The van der Waals surface area contributed by atoms with Crippen molar-refractivity contribution in [3.8, 4) is 0 Å².